The van der Waals surface area contributed by atoms with E-state index in [4.69, 9.17) is 16.3 Å². The van der Waals surface area contributed by atoms with E-state index in [1.807, 2.05) is 0 Å². The van der Waals surface area contributed by atoms with Gasteiger partial charge in [0, 0.05) is 36.6 Å². The number of nitrogens with zero attached hydrogens (tertiary/aromatic N) is 1. The molecule has 0 radical (unpaired) electrons. The third-order valence-electron chi connectivity index (χ3n) is 4.65. The fourth-order valence-electron chi connectivity index (χ4n) is 3.40. The summed E-state index contributed by atoms with van der Waals surface area (Å²) in [6, 6.07) is 2.98. The highest BCUT2D eigenvalue weighted by molar-refractivity contribution is 7.16. The lowest BCUT2D eigenvalue weighted by molar-refractivity contribution is -0.144. The number of piperazine rings is 1. The van der Waals surface area contributed by atoms with Crippen molar-refractivity contribution in [2.45, 2.75) is 18.4 Å². The van der Waals surface area contributed by atoms with Gasteiger partial charge in [0.2, 0.25) is 0 Å². The number of nitrogens with one attached hydrogen (secondary N) is 1. The number of thiophene rings is 1. The average molecular weight is 459 g/mol. The van der Waals surface area contributed by atoms with E-state index in [9.17, 15) is 26.3 Å². The van der Waals surface area contributed by atoms with Crippen molar-refractivity contribution in [1.82, 2.24) is 10.2 Å². The van der Waals surface area contributed by atoms with Crippen molar-refractivity contribution in [2.24, 2.45) is 0 Å². The maximum atomic E-state index is 13.9. The molecule has 1 saturated heterocycles. The lowest BCUT2D eigenvalue weighted by Crippen LogP contribution is -2.45. The molecule has 2 heterocycles. The minimum Gasteiger partial charge on any atom is -0.496 e. The first-order valence-corrected chi connectivity index (χ1v) is 9.78. The second kappa shape index (κ2) is 8.33. The molecule has 0 amide bonds. The number of ether oxygens (including phenoxy) is 1. The number of hydrogen-bond acceptors (Lipinski definition) is 4. The number of hydrogen-bond donors (Lipinski definition) is 1. The molecule has 1 aromatic carbocycles. The van der Waals surface area contributed by atoms with E-state index >= 15 is 0 Å². The van der Waals surface area contributed by atoms with Gasteiger partial charge in [-0.05, 0) is 24.3 Å². The van der Waals surface area contributed by atoms with Crippen LogP contribution in [0.3, 0.4) is 0 Å². The molecular formula is C18H17ClF6N2OS. The SMILES string of the molecule is COc1cc(C(F)(F)F)cc(C(F)(F)F)c1[C@@H](c1ccc(Cl)s1)N1CCNCC1. The predicted molar refractivity (Wildman–Crippen MR) is 98.6 cm³/mol. The van der Waals surface area contributed by atoms with Gasteiger partial charge in [0.05, 0.1) is 28.6 Å². The van der Waals surface area contributed by atoms with Gasteiger partial charge in [-0.2, -0.15) is 26.3 Å². The third kappa shape index (κ3) is 4.82. The van der Waals surface area contributed by atoms with Crippen molar-refractivity contribution in [3.63, 3.8) is 0 Å². The van der Waals surface area contributed by atoms with Gasteiger partial charge in [-0.25, -0.2) is 0 Å². The van der Waals surface area contributed by atoms with Crippen LogP contribution in [0.4, 0.5) is 26.3 Å². The average Bonchev–Trinajstić information content (AvgIpc) is 3.07. The first-order valence-electron chi connectivity index (χ1n) is 8.58. The van der Waals surface area contributed by atoms with Crippen molar-refractivity contribution >= 4 is 22.9 Å². The van der Waals surface area contributed by atoms with Crippen LogP contribution < -0.4 is 10.1 Å². The Labute approximate surface area is 172 Å². The second-order valence-electron chi connectivity index (χ2n) is 6.47. The molecule has 0 spiro atoms. The maximum Gasteiger partial charge on any atom is 0.416 e. The lowest BCUT2D eigenvalue weighted by Gasteiger charge is -2.36. The van der Waals surface area contributed by atoms with E-state index in [0.29, 0.717) is 41.5 Å². The Bertz CT molecular complexity index is 861. The molecule has 0 saturated carbocycles. The molecule has 0 bridgehead atoms. The summed E-state index contributed by atoms with van der Waals surface area (Å²) in [5.74, 6) is -0.458. The number of halogens is 7. The van der Waals surface area contributed by atoms with E-state index in [-0.39, 0.29) is 11.6 Å². The summed E-state index contributed by atoms with van der Waals surface area (Å²) in [7, 11) is 1.06. The molecule has 1 aromatic heterocycles. The summed E-state index contributed by atoms with van der Waals surface area (Å²) in [6.45, 7) is 1.92. The first kappa shape index (κ1) is 22.2. The van der Waals surface area contributed by atoms with Crippen molar-refractivity contribution in [1.29, 1.82) is 0 Å². The number of benzene rings is 1. The summed E-state index contributed by atoms with van der Waals surface area (Å²) in [6.07, 6.45) is -9.94. The Hall–Kier alpha value is -1.49. The smallest absolute Gasteiger partial charge is 0.416 e. The highest BCUT2D eigenvalue weighted by atomic mass is 35.5. The van der Waals surface area contributed by atoms with Crippen LogP contribution in [-0.2, 0) is 12.4 Å². The van der Waals surface area contributed by atoms with Gasteiger partial charge < -0.3 is 10.1 Å². The Balaban J connectivity index is 2.28. The Morgan fingerprint density at radius 3 is 2.21 bits per heavy atom. The topological polar surface area (TPSA) is 24.5 Å². The van der Waals surface area contributed by atoms with Crippen molar-refractivity contribution < 1.29 is 31.1 Å². The van der Waals surface area contributed by atoms with Gasteiger partial charge >= 0.3 is 12.4 Å². The number of alkyl halides is 6. The van der Waals surface area contributed by atoms with Crippen LogP contribution in [0.2, 0.25) is 4.34 Å². The molecule has 11 heteroatoms. The van der Waals surface area contributed by atoms with Crippen LogP contribution in [0, 0.1) is 0 Å². The normalized spacial score (nSPS) is 17.4. The van der Waals surface area contributed by atoms with Crippen LogP contribution in [0.1, 0.15) is 27.6 Å². The molecule has 1 aliphatic heterocycles. The molecule has 3 nitrogen and oxygen atoms in total. The Morgan fingerprint density at radius 2 is 1.72 bits per heavy atom. The minimum absolute atomic E-state index is 0.155. The van der Waals surface area contributed by atoms with Gasteiger partial charge in [0.15, 0.2) is 0 Å². The summed E-state index contributed by atoms with van der Waals surface area (Å²) < 4.78 is 86.8. The molecule has 2 aromatic rings. The summed E-state index contributed by atoms with van der Waals surface area (Å²) in [5, 5.41) is 3.11. The molecule has 1 atom stereocenters. The third-order valence-corrected chi connectivity index (χ3v) is 5.93. The molecule has 1 N–H and O–H groups in total. The van der Waals surface area contributed by atoms with Crippen LogP contribution in [-0.4, -0.2) is 38.2 Å². The largest absolute Gasteiger partial charge is 0.496 e. The second-order valence-corrected chi connectivity index (χ2v) is 8.21. The Morgan fingerprint density at radius 1 is 1.07 bits per heavy atom. The number of methoxy groups -OCH3 is 1. The molecule has 29 heavy (non-hydrogen) atoms. The Kier molecular flexibility index (Phi) is 6.38. The maximum absolute atomic E-state index is 13.9. The molecule has 0 unspecified atom stereocenters. The van der Waals surface area contributed by atoms with E-state index in [0.717, 1.165) is 18.4 Å². The summed E-state index contributed by atoms with van der Waals surface area (Å²) in [5.41, 5.74) is -3.11. The van der Waals surface area contributed by atoms with E-state index in [1.54, 1.807) is 17.0 Å². The molecule has 1 fully saturated rings. The molecule has 160 valence electrons. The standard InChI is InChI=1S/C18H17ClF6N2OS/c1-28-12-9-10(17(20,21)22)8-11(18(23,24)25)15(12)16(13-2-3-14(19)29-13)27-6-4-26-5-7-27/h2-3,8-9,16,26H,4-7H2,1H3/t16-/m1/s1. The van der Waals surface area contributed by atoms with Crippen LogP contribution in [0.25, 0.3) is 0 Å². The van der Waals surface area contributed by atoms with Gasteiger partial charge in [0.25, 0.3) is 0 Å². The van der Waals surface area contributed by atoms with Crippen molar-refractivity contribution in [2.75, 3.05) is 33.3 Å². The van der Waals surface area contributed by atoms with Gasteiger partial charge in [-0.3, -0.25) is 4.90 Å². The van der Waals surface area contributed by atoms with Gasteiger partial charge in [-0.15, -0.1) is 11.3 Å². The summed E-state index contributed by atoms with van der Waals surface area (Å²) >= 11 is 7.10. The fraction of sp³-hybridized carbons (Fsp3) is 0.444. The van der Waals surface area contributed by atoms with Crippen molar-refractivity contribution in [3.05, 3.63) is 50.2 Å². The van der Waals surface area contributed by atoms with Gasteiger partial charge in [-0.1, -0.05) is 11.6 Å². The monoisotopic (exact) mass is 458 g/mol. The fourth-order valence-corrected chi connectivity index (χ4v) is 4.60. The zero-order chi connectivity index (χ0) is 21.4. The lowest BCUT2D eigenvalue weighted by atomic mass is 9.93. The van der Waals surface area contributed by atoms with Crippen LogP contribution in [0.15, 0.2) is 24.3 Å². The highest BCUT2D eigenvalue weighted by Gasteiger charge is 2.43. The van der Waals surface area contributed by atoms with Crippen LogP contribution in [0.5, 0.6) is 5.75 Å². The van der Waals surface area contributed by atoms with Crippen molar-refractivity contribution in [3.8, 4) is 5.75 Å². The molecule has 0 aliphatic carbocycles. The number of rotatable bonds is 4. The highest BCUT2D eigenvalue weighted by Crippen LogP contribution is 2.48. The van der Waals surface area contributed by atoms with Crippen LogP contribution >= 0.6 is 22.9 Å². The van der Waals surface area contributed by atoms with E-state index < -0.39 is 35.3 Å². The van der Waals surface area contributed by atoms with E-state index in [2.05, 4.69) is 5.32 Å². The summed E-state index contributed by atoms with van der Waals surface area (Å²) in [4.78, 5) is 2.29. The molecular weight excluding hydrogens is 442 g/mol. The molecule has 3 rings (SSSR count). The zero-order valence-electron chi connectivity index (χ0n) is 15.1. The predicted octanol–water partition coefficient (Wildman–Crippen LogP) is 5.44. The first-order chi connectivity index (χ1) is 13.5. The van der Waals surface area contributed by atoms with Gasteiger partial charge in [0.1, 0.15) is 5.75 Å². The zero-order valence-corrected chi connectivity index (χ0v) is 16.7. The van der Waals surface area contributed by atoms with E-state index in [1.165, 1.54) is 0 Å². The quantitative estimate of drug-likeness (QED) is 0.617. The molecule has 1 aliphatic rings. The minimum atomic E-state index is -5.00.